The van der Waals surface area contributed by atoms with E-state index in [0.717, 1.165) is 41.8 Å². The molecule has 0 bridgehead atoms. The van der Waals surface area contributed by atoms with Gasteiger partial charge in [-0.3, -0.25) is 24.7 Å². The van der Waals surface area contributed by atoms with Crippen LogP contribution in [0.4, 0.5) is 5.69 Å². The summed E-state index contributed by atoms with van der Waals surface area (Å²) in [5.74, 6) is 0.467. The summed E-state index contributed by atoms with van der Waals surface area (Å²) in [7, 11) is 0. The Bertz CT molecular complexity index is 1210. The lowest BCUT2D eigenvalue weighted by atomic mass is 9.87. The number of nitro benzene ring substituents is 1. The predicted molar refractivity (Wildman–Crippen MR) is 125 cm³/mol. The van der Waals surface area contributed by atoms with Crippen LogP contribution in [0.1, 0.15) is 52.6 Å². The molecule has 2 aliphatic carbocycles. The number of pyridine rings is 1. The van der Waals surface area contributed by atoms with Crippen molar-refractivity contribution in [2.45, 2.75) is 32.6 Å². The van der Waals surface area contributed by atoms with Gasteiger partial charge < -0.3 is 4.90 Å². The molecule has 0 saturated heterocycles. The molecule has 1 unspecified atom stereocenters. The Hall–Kier alpha value is -3.61. The first-order valence-electron chi connectivity index (χ1n) is 11.4. The first-order valence-corrected chi connectivity index (χ1v) is 11.4. The first kappa shape index (κ1) is 21.2. The molecule has 7 nitrogen and oxygen atoms in total. The smallest absolute Gasteiger partial charge is 0.269 e. The lowest BCUT2D eigenvalue weighted by molar-refractivity contribution is -0.384. The number of fused-ring (bicyclic) bond motifs is 1. The Morgan fingerprint density at radius 3 is 2.64 bits per heavy atom. The average Bonchev–Trinajstić information content (AvgIpc) is 3.56. The minimum atomic E-state index is -0.472. The van der Waals surface area contributed by atoms with Gasteiger partial charge in [-0.1, -0.05) is 25.2 Å². The van der Waals surface area contributed by atoms with E-state index in [1.807, 2.05) is 0 Å². The topological polar surface area (TPSA) is 93.4 Å². The molecule has 33 heavy (non-hydrogen) atoms. The maximum absolute atomic E-state index is 13.0. The van der Waals surface area contributed by atoms with Crippen LogP contribution >= 0.6 is 0 Å². The highest BCUT2D eigenvalue weighted by Gasteiger charge is 2.31. The largest absolute Gasteiger partial charge is 0.334 e. The number of nitro groups is 1. The predicted octanol–water partition coefficient (Wildman–Crippen LogP) is 4.26. The van der Waals surface area contributed by atoms with Gasteiger partial charge in [0.25, 0.3) is 11.6 Å². The van der Waals surface area contributed by atoms with E-state index in [1.54, 1.807) is 4.90 Å². The van der Waals surface area contributed by atoms with E-state index in [9.17, 15) is 19.7 Å². The van der Waals surface area contributed by atoms with Crippen LogP contribution in [0.5, 0.6) is 0 Å². The number of allylic oxidation sites excluding steroid dienone is 1. The molecule has 2 heterocycles. The van der Waals surface area contributed by atoms with Gasteiger partial charge in [0.2, 0.25) is 0 Å². The van der Waals surface area contributed by atoms with E-state index in [0.29, 0.717) is 25.1 Å². The van der Waals surface area contributed by atoms with Gasteiger partial charge in [0.05, 0.1) is 10.6 Å². The molecule has 0 radical (unpaired) electrons. The molecular weight excluding hydrogens is 418 g/mol. The van der Waals surface area contributed by atoms with Crippen molar-refractivity contribution in [2.24, 2.45) is 11.8 Å². The van der Waals surface area contributed by atoms with Crippen LogP contribution in [-0.4, -0.2) is 39.6 Å². The van der Waals surface area contributed by atoms with Crippen LogP contribution in [0.3, 0.4) is 0 Å². The van der Waals surface area contributed by atoms with Gasteiger partial charge in [0.15, 0.2) is 0 Å². The highest BCUT2D eigenvalue weighted by atomic mass is 16.6. The zero-order valence-corrected chi connectivity index (χ0v) is 18.5. The van der Waals surface area contributed by atoms with Gasteiger partial charge in [0, 0.05) is 60.8 Å². The number of Topliss-reactive ketones (excluding diaryl/α,β-unsaturated/α-hetero) is 1. The van der Waals surface area contributed by atoms with Gasteiger partial charge in [-0.2, -0.15) is 0 Å². The number of aromatic nitrogens is 1. The van der Waals surface area contributed by atoms with Crippen molar-refractivity contribution in [3.63, 3.8) is 0 Å². The van der Waals surface area contributed by atoms with Crippen molar-refractivity contribution in [2.75, 3.05) is 13.1 Å². The summed E-state index contributed by atoms with van der Waals surface area (Å²) in [5, 5.41) is 10.9. The number of carbonyl (C=O) groups excluding carboxylic acids is 2. The number of ketones is 1. The maximum atomic E-state index is 13.0. The molecule has 1 aliphatic heterocycles. The summed E-state index contributed by atoms with van der Waals surface area (Å²) >= 11 is 0. The molecule has 0 spiro atoms. The van der Waals surface area contributed by atoms with E-state index < -0.39 is 4.92 Å². The van der Waals surface area contributed by atoms with Crippen LogP contribution in [0, 0.1) is 22.0 Å². The monoisotopic (exact) mass is 443 g/mol. The molecular formula is C26H25N3O4. The second kappa shape index (κ2) is 8.39. The van der Waals surface area contributed by atoms with Crippen molar-refractivity contribution in [3.05, 3.63) is 80.7 Å². The Morgan fingerprint density at radius 2 is 1.97 bits per heavy atom. The number of hydrogen-bond acceptors (Lipinski definition) is 5. The molecule has 1 fully saturated rings. The minimum Gasteiger partial charge on any atom is -0.334 e. The highest BCUT2D eigenvalue weighted by Crippen LogP contribution is 2.36. The van der Waals surface area contributed by atoms with Crippen LogP contribution < -0.4 is 0 Å². The fraction of sp³-hybridized carbons (Fsp3) is 0.346. The highest BCUT2D eigenvalue weighted by molar-refractivity contribution is 5.95. The molecule has 1 amide bonds. The number of rotatable bonds is 6. The van der Waals surface area contributed by atoms with E-state index >= 15 is 0 Å². The van der Waals surface area contributed by atoms with Crippen LogP contribution in [0.2, 0.25) is 0 Å². The number of hydrogen-bond donors (Lipinski definition) is 0. The molecule has 1 saturated carbocycles. The van der Waals surface area contributed by atoms with Crippen LogP contribution in [0.15, 0.2) is 42.5 Å². The molecule has 1 atom stereocenters. The molecule has 3 aliphatic rings. The summed E-state index contributed by atoms with van der Waals surface area (Å²) in [6.45, 7) is 3.12. The number of carbonyl (C=O) groups is 2. The van der Waals surface area contributed by atoms with Crippen molar-refractivity contribution < 1.29 is 14.5 Å². The lowest BCUT2D eigenvalue weighted by Crippen LogP contribution is -2.38. The SMILES string of the molecule is CC1CN(C(=O)c2ccc([N+](=O)[O-])cc2)CC=C1c1cc(CC(=O)C2CC2)nc2c1C=CC2. The zero-order chi connectivity index (χ0) is 23.1. The third-order valence-corrected chi connectivity index (χ3v) is 6.65. The standard InChI is InChI=1S/C26H25N3O4/c1-16-15-28(26(31)18-7-9-20(10-8-18)29(32)33)12-11-21(16)23-13-19(14-25(30)17-5-6-17)27-24-4-2-3-22(23)24/h2-3,7-11,13,16-17H,4-6,12,14-15H2,1H3. The maximum Gasteiger partial charge on any atom is 0.269 e. The van der Waals surface area contributed by atoms with Crippen LogP contribution in [-0.2, 0) is 17.6 Å². The van der Waals surface area contributed by atoms with Gasteiger partial charge in [0.1, 0.15) is 5.78 Å². The molecule has 2 aromatic rings. The fourth-order valence-corrected chi connectivity index (χ4v) is 4.72. The Morgan fingerprint density at radius 1 is 1.21 bits per heavy atom. The normalized spacial score (nSPS) is 19.2. The molecule has 7 heteroatoms. The van der Waals surface area contributed by atoms with Crippen molar-refractivity contribution in [3.8, 4) is 0 Å². The van der Waals surface area contributed by atoms with E-state index in [4.69, 9.17) is 4.98 Å². The van der Waals surface area contributed by atoms with Crippen molar-refractivity contribution in [1.82, 2.24) is 9.88 Å². The first-order chi connectivity index (χ1) is 15.9. The summed E-state index contributed by atoms with van der Waals surface area (Å²) in [5.41, 5.74) is 5.67. The number of non-ortho nitro benzene ring substituents is 1. The summed E-state index contributed by atoms with van der Waals surface area (Å²) in [4.78, 5) is 42.3. The van der Waals surface area contributed by atoms with Gasteiger partial charge in [-0.05, 0) is 48.1 Å². The Labute approximate surface area is 192 Å². The second-order valence-corrected chi connectivity index (χ2v) is 9.12. The van der Waals surface area contributed by atoms with E-state index in [1.165, 1.54) is 29.8 Å². The molecule has 168 valence electrons. The lowest BCUT2D eigenvalue weighted by Gasteiger charge is -2.32. The summed E-state index contributed by atoms with van der Waals surface area (Å²) < 4.78 is 0. The van der Waals surface area contributed by atoms with Gasteiger partial charge >= 0.3 is 0 Å². The molecule has 1 aromatic heterocycles. The zero-order valence-electron chi connectivity index (χ0n) is 18.5. The second-order valence-electron chi connectivity index (χ2n) is 9.12. The number of amides is 1. The van der Waals surface area contributed by atoms with Gasteiger partial charge in [-0.15, -0.1) is 0 Å². The van der Waals surface area contributed by atoms with E-state index in [-0.39, 0.29) is 29.2 Å². The van der Waals surface area contributed by atoms with Crippen LogP contribution in [0.25, 0.3) is 11.6 Å². The summed E-state index contributed by atoms with van der Waals surface area (Å²) in [6, 6.07) is 7.80. The molecule has 5 rings (SSSR count). The number of benzene rings is 1. The third kappa shape index (κ3) is 4.23. The quantitative estimate of drug-likeness (QED) is 0.491. The average molecular weight is 444 g/mol. The Balaban J connectivity index is 1.38. The summed E-state index contributed by atoms with van der Waals surface area (Å²) in [6.07, 6.45) is 9.46. The Kier molecular flexibility index (Phi) is 5.40. The van der Waals surface area contributed by atoms with Crippen molar-refractivity contribution in [1.29, 1.82) is 0 Å². The van der Waals surface area contributed by atoms with E-state index in [2.05, 4.69) is 31.2 Å². The molecule has 0 N–H and O–H groups in total. The van der Waals surface area contributed by atoms with Crippen molar-refractivity contribution >= 4 is 29.0 Å². The van der Waals surface area contributed by atoms with Gasteiger partial charge in [-0.25, -0.2) is 0 Å². The third-order valence-electron chi connectivity index (χ3n) is 6.65. The fourth-order valence-electron chi connectivity index (χ4n) is 4.72. The molecule has 1 aromatic carbocycles. The number of nitrogens with zero attached hydrogens (tertiary/aromatic N) is 3. The minimum absolute atomic E-state index is 0.0312.